The summed E-state index contributed by atoms with van der Waals surface area (Å²) in [5.41, 5.74) is 5.51. The molecule has 0 heterocycles. The normalized spacial score (nSPS) is 9.76. The van der Waals surface area contributed by atoms with Gasteiger partial charge < -0.3 is 24.8 Å². The molecule has 0 unspecified atom stereocenters. The summed E-state index contributed by atoms with van der Waals surface area (Å²) in [5.74, 6) is 0. The number of allylic oxidation sites excluding steroid dienone is 3. The van der Waals surface area contributed by atoms with Gasteiger partial charge in [-0.3, -0.25) is 6.58 Å². The van der Waals surface area contributed by atoms with Crippen molar-refractivity contribution < 1.29 is 46.5 Å². The zero-order valence-corrected chi connectivity index (χ0v) is 14.9. The largest absolute Gasteiger partial charge is 4.00 e. The fourth-order valence-electron chi connectivity index (χ4n) is 2.11. The average Bonchev–Trinajstić information content (AvgIpc) is 2.79. The molecule has 0 saturated carbocycles. The molecule has 0 radical (unpaired) electrons. The molecule has 1 aliphatic rings. The quantitative estimate of drug-likeness (QED) is 0.288. The molecule has 1 aliphatic carbocycles. The summed E-state index contributed by atoms with van der Waals surface area (Å²) in [7, 11) is 0. The van der Waals surface area contributed by atoms with Crippen LogP contribution in [0.3, 0.4) is 0 Å². The van der Waals surface area contributed by atoms with Crippen LogP contribution in [0.4, 0.5) is 0 Å². The molecule has 2 aromatic carbocycles. The van der Waals surface area contributed by atoms with Gasteiger partial charge in [0.05, 0.1) is 0 Å². The Balaban J connectivity index is 0. The van der Waals surface area contributed by atoms with E-state index in [9.17, 15) is 0 Å². The third kappa shape index (κ3) is 5.84. The summed E-state index contributed by atoms with van der Waals surface area (Å²) in [5, 5.41) is 0. The molecule has 106 valence electrons. The average molecular weight is 351 g/mol. The Labute approximate surface area is 155 Å². The number of fused-ring (bicyclic) bond motifs is 3. The fourth-order valence-corrected chi connectivity index (χ4v) is 2.11. The van der Waals surface area contributed by atoms with E-state index in [1.165, 1.54) is 28.3 Å². The third-order valence-electron chi connectivity index (χ3n) is 2.92. The van der Waals surface area contributed by atoms with Gasteiger partial charge in [0, 0.05) is 0 Å². The first-order valence-corrected chi connectivity index (χ1v) is 6.11. The molecular formula is C18H16Cl2Ti. The second kappa shape index (κ2) is 11.8. The predicted octanol–water partition coefficient (Wildman–Crippen LogP) is -1.38. The second-order valence-corrected chi connectivity index (χ2v) is 4.11. The van der Waals surface area contributed by atoms with E-state index in [-0.39, 0.29) is 46.5 Å². The van der Waals surface area contributed by atoms with Crippen LogP contribution in [-0.2, 0) is 28.1 Å². The van der Waals surface area contributed by atoms with Gasteiger partial charge in [0.15, 0.2) is 0 Å². The molecule has 3 heteroatoms. The van der Waals surface area contributed by atoms with Gasteiger partial charge in [-0.15, -0.1) is 5.56 Å². The molecule has 0 saturated heterocycles. The van der Waals surface area contributed by atoms with Crippen molar-refractivity contribution in [2.24, 2.45) is 0 Å². The van der Waals surface area contributed by atoms with Crippen LogP contribution in [0.2, 0.25) is 0 Å². The van der Waals surface area contributed by atoms with Crippen molar-refractivity contribution in [2.45, 2.75) is 13.3 Å². The van der Waals surface area contributed by atoms with Crippen molar-refractivity contribution in [3.05, 3.63) is 84.5 Å². The summed E-state index contributed by atoms with van der Waals surface area (Å²) >= 11 is 0. The van der Waals surface area contributed by atoms with Crippen LogP contribution in [0.25, 0.3) is 11.1 Å². The maximum absolute atomic E-state index is 4.93. The van der Waals surface area contributed by atoms with E-state index < -0.39 is 0 Å². The van der Waals surface area contributed by atoms with Gasteiger partial charge in [-0.05, 0) is 6.42 Å². The predicted molar refractivity (Wildman–Crippen MR) is 77.2 cm³/mol. The van der Waals surface area contributed by atoms with Crippen LogP contribution < -0.4 is 24.8 Å². The third-order valence-corrected chi connectivity index (χ3v) is 2.92. The molecule has 21 heavy (non-hydrogen) atoms. The first kappa shape index (κ1) is 22.5. The van der Waals surface area contributed by atoms with Crippen molar-refractivity contribution in [1.82, 2.24) is 0 Å². The van der Waals surface area contributed by atoms with Crippen LogP contribution >= 0.6 is 0 Å². The number of hydrogen-bond acceptors (Lipinski definition) is 0. The fraction of sp³-hybridized carbons (Fsp3) is 0.111. The van der Waals surface area contributed by atoms with Crippen LogP contribution in [0.15, 0.2) is 60.7 Å². The molecule has 0 aliphatic heterocycles. The Kier molecular flexibility index (Phi) is 12.7. The Morgan fingerprint density at radius 3 is 2.33 bits per heavy atom. The number of hydrogen-bond donors (Lipinski definition) is 0. The Bertz CT molecular complexity index is 533. The summed E-state index contributed by atoms with van der Waals surface area (Å²) < 4.78 is 0. The van der Waals surface area contributed by atoms with Gasteiger partial charge in [-0.25, -0.2) is 12.2 Å². The van der Waals surface area contributed by atoms with Gasteiger partial charge in [-0.1, -0.05) is 42.3 Å². The van der Waals surface area contributed by atoms with Crippen LogP contribution in [-0.4, -0.2) is 0 Å². The second-order valence-electron chi connectivity index (χ2n) is 4.11. The van der Waals surface area contributed by atoms with Gasteiger partial charge in [0.25, 0.3) is 0 Å². The molecule has 0 spiro atoms. The molecule has 0 atom stereocenters. The van der Waals surface area contributed by atoms with Gasteiger partial charge in [0.1, 0.15) is 0 Å². The van der Waals surface area contributed by atoms with Crippen LogP contribution in [0.5, 0.6) is 0 Å². The first-order valence-electron chi connectivity index (χ1n) is 6.11. The molecule has 0 N–H and O–H groups in total. The standard InChI is InChI=1S/C13H9.C5H7.2ClH.Ti/c1-3-7-12-10(5-1)9-11-6-2-4-8-13(11)12;1-3-5-4-2;;;/h1-5,7-8H,9H2;1,3-5H,2H3;2*1H;/q2*-1;;;+4/p-2. The topological polar surface area (TPSA) is 0 Å². The number of halogens is 2. The molecule has 0 bridgehead atoms. The van der Waals surface area contributed by atoms with Crippen molar-refractivity contribution >= 4 is 0 Å². The summed E-state index contributed by atoms with van der Waals surface area (Å²) in [4.78, 5) is 0. The maximum Gasteiger partial charge on any atom is 4.00 e. The van der Waals surface area contributed by atoms with E-state index in [1.54, 1.807) is 6.08 Å². The Morgan fingerprint density at radius 2 is 1.71 bits per heavy atom. The molecule has 0 amide bonds. The van der Waals surface area contributed by atoms with E-state index >= 15 is 0 Å². The van der Waals surface area contributed by atoms with Crippen molar-refractivity contribution in [3.8, 4) is 11.1 Å². The van der Waals surface area contributed by atoms with Gasteiger partial charge in [-0.2, -0.15) is 35.9 Å². The minimum atomic E-state index is 0. The molecule has 2 aromatic rings. The van der Waals surface area contributed by atoms with Crippen molar-refractivity contribution in [3.63, 3.8) is 0 Å². The smallest absolute Gasteiger partial charge is 1.00 e. The van der Waals surface area contributed by atoms with E-state index in [0.29, 0.717) is 0 Å². The van der Waals surface area contributed by atoms with E-state index in [0.717, 1.165) is 6.42 Å². The van der Waals surface area contributed by atoms with Crippen LogP contribution in [0, 0.1) is 12.6 Å². The van der Waals surface area contributed by atoms with Gasteiger partial charge in [0.2, 0.25) is 0 Å². The number of benzene rings is 2. The zero-order valence-electron chi connectivity index (χ0n) is 11.8. The van der Waals surface area contributed by atoms with Crippen molar-refractivity contribution in [1.29, 1.82) is 0 Å². The summed E-state index contributed by atoms with van der Waals surface area (Å²) in [6.07, 6.45) is 6.20. The summed E-state index contributed by atoms with van der Waals surface area (Å²) in [6, 6.07) is 18.1. The molecule has 0 aromatic heterocycles. The minimum Gasteiger partial charge on any atom is -1.00 e. The first-order chi connectivity index (χ1) is 8.86. The van der Waals surface area contributed by atoms with Crippen molar-refractivity contribution in [2.75, 3.05) is 0 Å². The number of rotatable bonds is 1. The SMILES string of the molecule is [CH-]=CC=CC.[Cl-].[Cl-].[Ti+4].[c-]1cccc2c1Cc1ccccc1-2. The van der Waals surface area contributed by atoms with Crippen LogP contribution in [0.1, 0.15) is 18.1 Å². The summed E-state index contributed by atoms with van der Waals surface area (Å²) in [6.45, 7) is 6.85. The maximum atomic E-state index is 4.93. The van der Waals surface area contributed by atoms with Gasteiger partial charge >= 0.3 is 21.7 Å². The monoisotopic (exact) mass is 350 g/mol. The minimum absolute atomic E-state index is 0. The molecular weight excluding hydrogens is 335 g/mol. The molecule has 0 nitrogen and oxygen atoms in total. The van der Waals surface area contributed by atoms with E-state index in [2.05, 4.69) is 42.5 Å². The Morgan fingerprint density at radius 1 is 1.05 bits per heavy atom. The zero-order chi connectivity index (χ0) is 12.8. The van der Waals surface area contributed by atoms with E-state index in [1.807, 2.05) is 19.1 Å². The Hall–Kier alpha value is -0.786. The van der Waals surface area contributed by atoms with E-state index in [4.69, 9.17) is 6.58 Å². The molecule has 3 rings (SSSR count). The molecule has 0 fully saturated rings.